The first-order valence-electron chi connectivity index (χ1n) is 10.1. The lowest BCUT2D eigenvalue weighted by Gasteiger charge is -2.37. The maximum atomic E-state index is 12.6. The summed E-state index contributed by atoms with van der Waals surface area (Å²) in [6.07, 6.45) is 2.16. The smallest absolute Gasteiger partial charge is 0.350 e. The number of hydrogen-bond donors (Lipinski definition) is 2. The van der Waals surface area contributed by atoms with Crippen LogP contribution in [0.25, 0.3) is 11.5 Å². The summed E-state index contributed by atoms with van der Waals surface area (Å²) in [6.45, 7) is 5.28. The molecule has 4 heterocycles. The van der Waals surface area contributed by atoms with Crippen molar-refractivity contribution < 1.29 is 14.3 Å². The molecular formula is C20H24ClN7O3S. The molecule has 3 aromatic heterocycles. The first-order chi connectivity index (χ1) is 15.3. The largest absolute Gasteiger partial charge is 0.465 e. The van der Waals surface area contributed by atoms with Gasteiger partial charge in [0.1, 0.15) is 22.6 Å². The fraction of sp³-hybridized carbons (Fsp3) is 0.450. The summed E-state index contributed by atoms with van der Waals surface area (Å²) < 4.78 is 6.52. The van der Waals surface area contributed by atoms with Crippen LogP contribution in [0.3, 0.4) is 0 Å². The molecule has 1 aliphatic heterocycles. The van der Waals surface area contributed by atoms with Gasteiger partial charge in [-0.2, -0.15) is 5.10 Å². The fourth-order valence-corrected chi connectivity index (χ4v) is 4.94. The van der Waals surface area contributed by atoms with E-state index in [4.69, 9.17) is 21.3 Å². The average Bonchev–Trinajstić information content (AvgIpc) is 3.47. The van der Waals surface area contributed by atoms with Crippen LogP contribution in [0, 0.1) is 12.8 Å². The average molecular weight is 478 g/mol. The maximum absolute atomic E-state index is 12.6. The number of H-pyrrole nitrogens is 1. The van der Waals surface area contributed by atoms with Crippen molar-refractivity contribution in [2.45, 2.75) is 26.3 Å². The third kappa shape index (κ3) is 4.22. The van der Waals surface area contributed by atoms with E-state index in [-0.39, 0.29) is 17.9 Å². The van der Waals surface area contributed by atoms with Crippen LogP contribution in [0.1, 0.15) is 39.2 Å². The minimum Gasteiger partial charge on any atom is -0.465 e. The molecule has 0 bridgehead atoms. The molecule has 10 nitrogen and oxygen atoms in total. The van der Waals surface area contributed by atoms with E-state index < -0.39 is 5.97 Å². The Hall–Kier alpha value is -2.92. The summed E-state index contributed by atoms with van der Waals surface area (Å²) in [5.74, 6) is 0.0462. The Morgan fingerprint density at radius 1 is 1.41 bits per heavy atom. The van der Waals surface area contributed by atoms with Gasteiger partial charge in [0.2, 0.25) is 0 Å². The number of carbonyl (C=O) groups excluding carboxylic acids is 2. The topological polar surface area (TPSA) is 118 Å². The summed E-state index contributed by atoms with van der Waals surface area (Å²) >= 11 is 7.34. The third-order valence-corrected chi connectivity index (χ3v) is 7.09. The standard InChI is InChI=1S/C20H24ClN7O3S/c1-10-8-28(6-5-13(10)25-18(29)14-7-12(21)11(2)24-14)20-26-15(16(32-20)19(30)31-4)17-22-9-23-27(17)3/h7,9-10,13,24H,5-6,8H2,1-4H3,(H,25,29)/t10-,13+/m0/s1. The van der Waals surface area contributed by atoms with Gasteiger partial charge in [0.25, 0.3) is 5.91 Å². The van der Waals surface area contributed by atoms with Gasteiger partial charge in [-0.05, 0) is 25.3 Å². The number of nitrogens with zero attached hydrogens (tertiary/aromatic N) is 5. The predicted molar refractivity (Wildman–Crippen MR) is 121 cm³/mol. The second-order valence-electron chi connectivity index (χ2n) is 7.82. The molecule has 2 N–H and O–H groups in total. The second kappa shape index (κ2) is 8.91. The Balaban J connectivity index is 1.49. The summed E-state index contributed by atoms with van der Waals surface area (Å²) in [5, 5.41) is 8.44. The summed E-state index contributed by atoms with van der Waals surface area (Å²) in [5.41, 5.74) is 1.68. The molecule has 32 heavy (non-hydrogen) atoms. The van der Waals surface area contributed by atoms with Crippen molar-refractivity contribution >= 4 is 39.9 Å². The number of carbonyl (C=O) groups is 2. The van der Waals surface area contributed by atoms with Gasteiger partial charge in [0.05, 0.1) is 12.1 Å². The van der Waals surface area contributed by atoms with Crippen molar-refractivity contribution in [3.63, 3.8) is 0 Å². The van der Waals surface area contributed by atoms with E-state index in [9.17, 15) is 9.59 Å². The van der Waals surface area contributed by atoms with Crippen LogP contribution >= 0.6 is 22.9 Å². The number of ether oxygens (including phenoxy) is 1. The Morgan fingerprint density at radius 2 is 2.19 bits per heavy atom. The molecule has 0 aliphatic carbocycles. The van der Waals surface area contributed by atoms with E-state index >= 15 is 0 Å². The van der Waals surface area contributed by atoms with Crippen molar-refractivity contribution in [2.75, 3.05) is 25.1 Å². The Bertz CT molecular complexity index is 1130. The van der Waals surface area contributed by atoms with E-state index in [1.165, 1.54) is 24.8 Å². The SMILES string of the molecule is COC(=O)c1sc(N2CC[C@@H](NC(=O)c3cc(Cl)c(C)[nH]3)[C@@H](C)C2)nc1-c1ncnn1C. The monoisotopic (exact) mass is 477 g/mol. The number of anilines is 1. The number of methoxy groups -OCH3 is 1. The van der Waals surface area contributed by atoms with Crippen LogP contribution in [0.15, 0.2) is 12.4 Å². The summed E-state index contributed by atoms with van der Waals surface area (Å²) in [6, 6.07) is 1.66. The molecule has 0 unspecified atom stereocenters. The van der Waals surface area contributed by atoms with Crippen molar-refractivity contribution in [3.05, 3.63) is 33.7 Å². The number of thiazole rings is 1. The molecule has 1 saturated heterocycles. The first-order valence-corrected chi connectivity index (χ1v) is 11.3. The van der Waals surface area contributed by atoms with Gasteiger partial charge in [0.15, 0.2) is 11.0 Å². The van der Waals surface area contributed by atoms with E-state index in [0.29, 0.717) is 45.3 Å². The molecule has 4 rings (SSSR count). The lowest BCUT2D eigenvalue weighted by atomic mass is 9.94. The van der Waals surface area contributed by atoms with E-state index in [0.717, 1.165) is 12.1 Å². The highest BCUT2D eigenvalue weighted by Gasteiger charge is 2.31. The van der Waals surface area contributed by atoms with Crippen molar-refractivity contribution in [2.24, 2.45) is 13.0 Å². The fourth-order valence-electron chi connectivity index (χ4n) is 3.77. The minimum atomic E-state index is -0.457. The third-order valence-electron chi connectivity index (χ3n) is 5.60. The normalized spacial score (nSPS) is 18.6. The van der Waals surface area contributed by atoms with Gasteiger partial charge >= 0.3 is 5.97 Å². The lowest BCUT2D eigenvalue weighted by molar-refractivity contribution is 0.0606. The zero-order chi connectivity index (χ0) is 23.0. The van der Waals surface area contributed by atoms with Crippen LogP contribution in [0.4, 0.5) is 5.13 Å². The quantitative estimate of drug-likeness (QED) is 0.542. The highest BCUT2D eigenvalue weighted by atomic mass is 35.5. The number of aromatic nitrogens is 5. The number of aryl methyl sites for hydroxylation is 2. The maximum Gasteiger partial charge on any atom is 0.350 e. The van der Waals surface area contributed by atoms with Gasteiger partial charge in [0, 0.05) is 31.9 Å². The zero-order valence-corrected chi connectivity index (χ0v) is 19.8. The Kier molecular flexibility index (Phi) is 6.20. The van der Waals surface area contributed by atoms with Crippen LogP contribution in [0.5, 0.6) is 0 Å². The molecule has 0 saturated carbocycles. The van der Waals surface area contributed by atoms with Gasteiger partial charge in [-0.15, -0.1) is 0 Å². The van der Waals surface area contributed by atoms with E-state index in [2.05, 4.69) is 32.2 Å². The molecule has 1 amide bonds. The van der Waals surface area contributed by atoms with Crippen LogP contribution < -0.4 is 10.2 Å². The molecule has 1 fully saturated rings. The molecule has 0 aromatic carbocycles. The molecule has 1 aliphatic rings. The molecule has 2 atom stereocenters. The number of hydrogen-bond acceptors (Lipinski definition) is 8. The number of halogens is 1. The highest BCUT2D eigenvalue weighted by Crippen LogP contribution is 2.34. The Morgan fingerprint density at radius 3 is 2.78 bits per heavy atom. The summed E-state index contributed by atoms with van der Waals surface area (Å²) in [4.78, 5) is 39.4. The number of esters is 1. The molecular weight excluding hydrogens is 454 g/mol. The van der Waals surface area contributed by atoms with Crippen LogP contribution in [-0.4, -0.2) is 62.9 Å². The zero-order valence-electron chi connectivity index (χ0n) is 18.2. The number of nitrogens with one attached hydrogen (secondary N) is 2. The minimum absolute atomic E-state index is 0.0133. The second-order valence-corrected chi connectivity index (χ2v) is 9.21. The number of piperidine rings is 1. The predicted octanol–water partition coefficient (Wildman–Crippen LogP) is 2.66. The van der Waals surface area contributed by atoms with Gasteiger partial charge in [-0.1, -0.05) is 29.9 Å². The van der Waals surface area contributed by atoms with Gasteiger partial charge in [-0.25, -0.2) is 19.4 Å². The van der Waals surface area contributed by atoms with Gasteiger partial charge < -0.3 is 19.9 Å². The molecule has 3 aromatic rings. The van der Waals surface area contributed by atoms with E-state index in [1.807, 2.05) is 6.92 Å². The molecule has 170 valence electrons. The van der Waals surface area contributed by atoms with Crippen LogP contribution in [-0.2, 0) is 11.8 Å². The molecule has 0 radical (unpaired) electrons. The van der Waals surface area contributed by atoms with Crippen molar-refractivity contribution in [1.29, 1.82) is 0 Å². The number of rotatable bonds is 5. The van der Waals surface area contributed by atoms with Gasteiger partial charge in [-0.3, -0.25) is 4.79 Å². The number of aromatic amines is 1. The lowest BCUT2D eigenvalue weighted by Crippen LogP contribution is -2.50. The summed E-state index contributed by atoms with van der Waals surface area (Å²) in [7, 11) is 3.09. The van der Waals surface area contributed by atoms with Crippen molar-refractivity contribution in [1.82, 2.24) is 30.0 Å². The first kappa shape index (κ1) is 22.3. The van der Waals surface area contributed by atoms with Crippen LogP contribution in [0.2, 0.25) is 5.02 Å². The highest BCUT2D eigenvalue weighted by molar-refractivity contribution is 7.17. The Labute approximate surface area is 193 Å². The van der Waals surface area contributed by atoms with Crippen molar-refractivity contribution in [3.8, 4) is 11.5 Å². The molecule has 12 heteroatoms. The molecule has 0 spiro atoms. The number of amides is 1. The van der Waals surface area contributed by atoms with E-state index in [1.54, 1.807) is 17.8 Å².